The van der Waals surface area contributed by atoms with E-state index in [9.17, 15) is 14.4 Å². The minimum absolute atomic E-state index is 0.121. The number of amides is 2. The molecule has 2 amide bonds. The maximum atomic E-state index is 11.9. The minimum atomic E-state index is -0.988. The first-order chi connectivity index (χ1) is 13.0. The van der Waals surface area contributed by atoms with E-state index >= 15 is 0 Å². The third-order valence-electron chi connectivity index (χ3n) is 3.74. The summed E-state index contributed by atoms with van der Waals surface area (Å²) in [5.74, 6) is -0.838. The van der Waals surface area contributed by atoms with Crippen molar-refractivity contribution in [2.45, 2.75) is 19.8 Å². The average molecular weight is 370 g/mol. The van der Waals surface area contributed by atoms with Gasteiger partial charge in [-0.3, -0.25) is 9.59 Å². The zero-order valence-electron chi connectivity index (χ0n) is 15.0. The van der Waals surface area contributed by atoms with Gasteiger partial charge in [0, 0.05) is 12.1 Å². The van der Waals surface area contributed by atoms with Crippen LogP contribution in [0.4, 0.5) is 5.69 Å². The van der Waals surface area contributed by atoms with Gasteiger partial charge in [-0.15, -0.1) is 0 Å². The largest absolute Gasteiger partial charge is 0.494 e. The molecule has 0 aromatic heterocycles. The maximum Gasteiger partial charge on any atom is 0.335 e. The van der Waals surface area contributed by atoms with Gasteiger partial charge in [0.15, 0.2) is 0 Å². The number of carboxylic acid groups (broad SMARTS) is 1. The van der Waals surface area contributed by atoms with Crippen molar-refractivity contribution in [1.82, 2.24) is 5.32 Å². The summed E-state index contributed by atoms with van der Waals surface area (Å²) in [5.41, 5.74) is 1.68. The predicted octanol–water partition coefficient (Wildman–Crippen LogP) is 2.47. The van der Waals surface area contributed by atoms with Crippen molar-refractivity contribution in [3.05, 3.63) is 59.7 Å². The summed E-state index contributed by atoms with van der Waals surface area (Å²) < 4.78 is 5.33. The van der Waals surface area contributed by atoms with Crippen molar-refractivity contribution in [1.29, 1.82) is 0 Å². The lowest BCUT2D eigenvalue weighted by Crippen LogP contribution is -2.32. The summed E-state index contributed by atoms with van der Waals surface area (Å²) in [4.78, 5) is 34.5. The number of aryl methyl sites for hydroxylation is 1. The van der Waals surface area contributed by atoms with Crippen molar-refractivity contribution in [3.8, 4) is 5.75 Å². The number of rotatable bonds is 9. The van der Waals surface area contributed by atoms with E-state index in [1.54, 1.807) is 36.4 Å². The van der Waals surface area contributed by atoms with Gasteiger partial charge in [0.05, 0.1) is 18.7 Å². The van der Waals surface area contributed by atoms with Crippen molar-refractivity contribution < 1.29 is 24.2 Å². The van der Waals surface area contributed by atoms with E-state index in [0.29, 0.717) is 18.7 Å². The van der Waals surface area contributed by atoms with Crippen molar-refractivity contribution in [2.24, 2.45) is 0 Å². The minimum Gasteiger partial charge on any atom is -0.494 e. The molecule has 7 heteroatoms. The van der Waals surface area contributed by atoms with Crippen molar-refractivity contribution in [3.63, 3.8) is 0 Å². The Morgan fingerprint density at radius 3 is 2.22 bits per heavy atom. The van der Waals surface area contributed by atoms with Crippen molar-refractivity contribution >= 4 is 23.5 Å². The molecule has 0 bridgehead atoms. The molecule has 142 valence electrons. The van der Waals surface area contributed by atoms with E-state index in [-0.39, 0.29) is 30.3 Å². The normalized spacial score (nSPS) is 10.1. The quantitative estimate of drug-likeness (QED) is 0.629. The number of carbonyl (C=O) groups is 3. The zero-order chi connectivity index (χ0) is 19.6. The van der Waals surface area contributed by atoms with Gasteiger partial charge < -0.3 is 20.5 Å². The van der Waals surface area contributed by atoms with E-state index in [4.69, 9.17) is 9.84 Å². The molecule has 0 saturated heterocycles. The monoisotopic (exact) mass is 370 g/mol. The van der Waals surface area contributed by atoms with Gasteiger partial charge in [-0.1, -0.05) is 12.1 Å². The molecule has 2 aromatic carbocycles. The van der Waals surface area contributed by atoms with Gasteiger partial charge >= 0.3 is 5.97 Å². The highest BCUT2D eigenvalue weighted by Crippen LogP contribution is 2.15. The van der Waals surface area contributed by atoms with Crippen LogP contribution < -0.4 is 15.4 Å². The van der Waals surface area contributed by atoms with E-state index in [2.05, 4.69) is 10.6 Å². The van der Waals surface area contributed by atoms with Crippen LogP contribution in [0.2, 0.25) is 0 Å². The molecule has 2 rings (SSSR count). The Morgan fingerprint density at radius 2 is 1.63 bits per heavy atom. The second kappa shape index (κ2) is 9.96. The summed E-state index contributed by atoms with van der Waals surface area (Å²) in [6.45, 7) is 2.34. The van der Waals surface area contributed by atoms with Gasteiger partial charge in [0.2, 0.25) is 11.8 Å². The van der Waals surface area contributed by atoms with Crippen LogP contribution in [0.5, 0.6) is 5.75 Å². The van der Waals surface area contributed by atoms with Crippen LogP contribution in [0, 0.1) is 0 Å². The van der Waals surface area contributed by atoms with Crippen LogP contribution in [0.25, 0.3) is 0 Å². The highest BCUT2D eigenvalue weighted by Gasteiger charge is 2.07. The van der Waals surface area contributed by atoms with Crippen molar-refractivity contribution in [2.75, 3.05) is 18.5 Å². The number of carboxylic acids is 1. The van der Waals surface area contributed by atoms with Gasteiger partial charge in [0.1, 0.15) is 5.75 Å². The Morgan fingerprint density at radius 1 is 0.963 bits per heavy atom. The van der Waals surface area contributed by atoms with E-state index in [1.807, 2.05) is 6.92 Å². The Hall–Kier alpha value is -3.35. The molecule has 27 heavy (non-hydrogen) atoms. The van der Waals surface area contributed by atoms with Crippen LogP contribution in [-0.2, 0) is 16.0 Å². The fourth-order valence-corrected chi connectivity index (χ4v) is 2.35. The fourth-order valence-electron chi connectivity index (χ4n) is 2.35. The second-order valence-corrected chi connectivity index (χ2v) is 5.78. The molecule has 3 N–H and O–H groups in total. The standard InChI is InChI=1S/C20H22N2O5/c1-2-27-17-10-8-16(9-11-17)22-19(24)13-21-18(23)12-5-14-3-6-15(7-4-14)20(25)26/h3-4,6-11H,2,5,12-13H2,1H3,(H,21,23)(H,22,24)(H,25,26). The molecular weight excluding hydrogens is 348 g/mol. The molecule has 0 fully saturated rings. The first kappa shape index (κ1) is 20.0. The third kappa shape index (κ3) is 6.81. The van der Waals surface area contributed by atoms with E-state index < -0.39 is 5.97 Å². The van der Waals surface area contributed by atoms with Crippen LogP contribution in [0.15, 0.2) is 48.5 Å². The molecule has 0 aliphatic rings. The number of hydrogen-bond donors (Lipinski definition) is 3. The first-order valence-electron chi connectivity index (χ1n) is 8.59. The molecule has 7 nitrogen and oxygen atoms in total. The van der Waals surface area contributed by atoms with Gasteiger partial charge in [0.25, 0.3) is 0 Å². The molecule has 2 aromatic rings. The second-order valence-electron chi connectivity index (χ2n) is 5.78. The topological polar surface area (TPSA) is 105 Å². The molecule has 0 atom stereocenters. The molecule has 0 unspecified atom stereocenters. The lowest BCUT2D eigenvalue weighted by atomic mass is 10.1. The fraction of sp³-hybridized carbons (Fsp3) is 0.250. The summed E-state index contributed by atoms with van der Waals surface area (Å²) >= 11 is 0. The Labute approximate surface area is 157 Å². The first-order valence-corrected chi connectivity index (χ1v) is 8.59. The summed E-state index contributed by atoms with van der Waals surface area (Å²) in [6, 6.07) is 13.3. The SMILES string of the molecule is CCOc1ccc(NC(=O)CNC(=O)CCc2ccc(C(=O)O)cc2)cc1. The number of benzene rings is 2. The highest BCUT2D eigenvalue weighted by molar-refractivity contribution is 5.94. The Bertz CT molecular complexity index is 785. The van der Waals surface area contributed by atoms with Gasteiger partial charge in [-0.25, -0.2) is 4.79 Å². The van der Waals surface area contributed by atoms with Gasteiger partial charge in [-0.05, 0) is 55.3 Å². The molecule has 0 aliphatic heterocycles. The number of nitrogens with one attached hydrogen (secondary N) is 2. The number of carbonyl (C=O) groups excluding carboxylic acids is 2. The van der Waals surface area contributed by atoms with E-state index in [1.165, 1.54) is 12.1 Å². The van der Waals surface area contributed by atoms with Crippen LogP contribution in [-0.4, -0.2) is 36.0 Å². The molecule has 0 heterocycles. The predicted molar refractivity (Wildman–Crippen MR) is 101 cm³/mol. The van der Waals surface area contributed by atoms with E-state index in [0.717, 1.165) is 11.3 Å². The summed E-state index contributed by atoms with van der Waals surface area (Å²) in [6.07, 6.45) is 0.676. The summed E-state index contributed by atoms with van der Waals surface area (Å²) in [5, 5.41) is 14.1. The Kier molecular flexibility index (Phi) is 7.37. The number of anilines is 1. The number of ether oxygens (including phenoxy) is 1. The zero-order valence-corrected chi connectivity index (χ0v) is 15.0. The molecule has 0 spiro atoms. The van der Waals surface area contributed by atoms with Gasteiger partial charge in [-0.2, -0.15) is 0 Å². The smallest absolute Gasteiger partial charge is 0.335 e. The number of hydrogen-bond acceptors (Lipinski definition) is 4. The average Bonchev–Trinajstić information content (AvgIpc) is 2.67. The molecule has 0 radical (unpaired) electrons. The molecule has 0 aliphatic carbocycles. The maximum absolute atomic E-state index is 11.9. The van der Waals surface area contributed by atoms with Crippen LogP contribution in [0.1, 0.15) is 29.3 Å². The number of aromatic carboxylic acids is 1. The van der Waals surface area contributed by atoms with Crippen LogP contribution >= 0.6 is 0 Å². The molecule has 0 saturated carbocycles. The van der Waals surface area contributed by atoms with Crippen LogP contribution in [0.3, 0.4) is 0 Å². The summed E-state index contributed by atoms with van der Waals surface area (Å²) in [7, 11) is 0. The third-order valence-corrected chi connectivity index (χ3v) is 3.74. The highest BCUT2D eigenvalue weighted by atomic mass is 16.5. The lowest BCUT2D eigenvalue weighted by Gasteiger charge is -2.08. The lowest BCUT2D eigenvalue weighted by molar-refractivity contribution is -0.124. The Balaban J connectivity index is 1.71. The molecular formula is C20H22N2O5.